The lowest BCUT2D eigenvalue weighted by Gasteiger charge is -2.08. The number of anilines is 1. The minimum absolute atomic E-state index is 0.0432. The molecule has 0 amide bonds. The minimum Gasteiger partial charge on any atom is -0.384 e. The van der Waals surface area contributed by atoms with Gasteiger partial charge in [-0.1, -0.05) is 6.07 Å². The predicted octanol–water partition coefficient (Wildman–Crippen LogP) is 1.35. The first-order valence-corrected chi connectivity index (χ1v) is 7.96. The highest BCUT2D eigenvalue weighted by Crippen LogP contribution is 2.11. The Kier molecular flexibility index (Phi) is 4.54. The summed E-state index contributed by atoms with van der Waals surface area (Å²) in [6.45, 7) is 0. The molecule has 0 bridgehead atoms. The SMILES string of the molecule is N=C(N)c1ccc(NS(=O)(=O)CCc2ccccn2)cc1. The van der Waals surface area contributed by atoms with Gasteiger partial charge in [0.05, 0.1) is 5.75 Å². The van der Waals surface area contributed by atoms with E-state index in [1.807, 2.05) is 6.07 Å². The highest BCUT2D eigenvalue weighted by Gasteiger charge is 2.11. The summed E-state index contributed by atoms with van der Waals surface area (Å²) in [5.74, 6) is -0.0991. The number of pyridine rings is 1. The third kappa shape index (κ3) is 4.57. The lowest BCUT2D eigenvalue weighted by molar-refractivity contribution is 0.600. The van der Waals surface area contributed by atoms with E-state index in [1.165, 1.54) is 0 Å². The van der Waals surface area contributed by atoms with Crippen LogP contribution in [0.15, 0.2) is 48.7 Å². The van der Waals surface area contributed by atoms with Crippen LogP contribution in [0.25, 0.3) is 0 Å². The fourth-order valence-corrected chi connectivity index (χ4v) is 2.81. The molecule has 1 heterocycles. The molecular formula is C14H16N4O2S. The molecule has 110 valence electrons. The first-order chi connectivity index (χ1) is 9.96. The third-order valence-electron chi connectivity index (χ3n) is 2.82. The molecule has 0 saturated carbocycles. The number of sulfonamides is 1. The summed E-state index contributed by atoms with van der Waals surface area (Å²) < 4.78 is 26.5. The van der Waals surface area contributed by atoms with Crippen molar-refractivity contribution in [3.63, 3.8) is 0 Å². The van der Waals surface area contributed by atoms with Crippen LogP contribution in [0.4, 0.5) is 5.69 Å². The van der Waals surface area contributed by atoms with E-state index >= 15 is 0 Å². The molecule has 0 radical (unpaired) electrons. The Morgan fingerprint density at radius 3 is 2.48 bits per heavy atom. The molecule has 2 rings (SSSR count). The van der Waals surface area contributed by atoms with E-state index in [-0.39, 0.29) is 11.6 Å². The molecule has 4 N–H and O–H groups in total. The Hall–Kier alpha value is -2.41. The van der Waals surface area contributed by atoms with E-state index < -0.39 is 10.0 Å². The molecule has 0 atom stereocenters. The summed E-state index contributed by atoms with van der Waals surface area (Å²) >= 11 is 0. The summed E-state index contributed by atoms with van der Waals surface area (Å²) in [7, 11) is -3.44. The number of benzene rings is 1. The number of hydrogen-bond acceptors (Lipinski definition) is 4. The molecule has 0 saturated heterocycles. The molecule has 0 spiro atoms. The monoisotopic (exact) mass is 304 g/mol. The maximum Gasteiger partial charge on any atom is 0.233 e. The Morgan fingerprint density at radius 1 is 1.19 bits per heavy atom. The van der Waals surface area contributed by atoms with E-state index in [4.69, 9.17) is 11.1 Å². The highest BCUT2D eigenvalue weighted by molar-refractivity contribution is 7.92. The van der Waals surface area contributed by atoms with E-state index in [0.717, 1.165) is 5.69 Å². The van der Waals surface area contributed by atoms with Gasteiger partial charge in [-0.25, -0.2) is 8.42 Å². The van der Waals surface area contributed by atoms with Crippen LogP contribution in [0.1, 0.15) is 11.3 Å². The molecule has 0 aliphatic heterocycles. The maximum absolute atomic E-state index is 12.0. The Balaban J connectivity index is 1.99. The number of aryl methyl sites for hydroxylation is 1. The van der Waals surface area contributed by atoms with Crippen molar-refractivity contribution >= 4 is 21.5 Å². The predicted molar refractivity (Wildman–Crippen MR) is 82.8 cm³/mol. The van der Waals surface area contributed by atoms with Crippen LogP contribution in [0, 0.1) is 5.41 Å². The van der Waals surface area contributed by atoms with Crippen molar-refractivity contribution in [3.05, 3.63) is 59.9 Å². The number of amidine groups is 1. The average molecular weight is 304 g/mol. The second kappa shape index (κ2) is 6.36. The largest absolute Gasteiger partial charge is 0.384 e. The molecule has 6 nitrogen and oxygen atoms in total. The van der Waals surface area contributed by atoms with Crippen molar-refractivity contribution in [1.29, 1.82) is 5.41 Å². The Morgan fingerprint density at radius 2 is 1.90 bits per heavy atom. The molecular weight excluding hydrogens is 288 g/mol. The molecule has 0 fully saturated rings. The topological polar surface area (TPSA) is 109 Å². The maximum atomic E-state index is 12.0. The van der Waals surface area contributed by atoms with Crippen LogP contribution in [-0.4, -0.2) is 25.0 Å². The number of nitrogens with two attached hydrogens (primary N) is 1. The van der Waals surface area contributed by atoms with Gasteiger partial charge in [-0.15, -0.1) is 0 Å². The van der Waals surface area contributed by atoms with E-state index in [1.54, 1.807) is 42.6 Å². The summed E-state index contributed by atoms with van der Waals surface area (Å²) in [4.78, 5) is 4.09. The van der Waals surface area contributed by atoms with Crippen molar-refractivity contribution in [3.8, 4) is 0 Å². The third-order valence-corrected chi connectivity index (χ3v) is 4.11. The zero-order valence-electron chi connectivity index (χ0n) is 11.3. The smallest absolute Gasteiger partial charge is 0.233 e. The molecule has 7 heteroatoms. The first-order valence-electron chi connectivity index (χ1n) is 6.31. The molecule has 0 aliphatic rings. The quantitative estimate of drug-likeness (QED) is 0.553. The van der Waals surface area contributed by atoms with Crippen LogP contribution >= 0.6 is 0 Å². The van der Waals surface area contributed by atoms with Crippen molar-refractivity contribution in [2.45, 2.75) is 6.42 Å². The average Bonchev–Trinajstić information content (AvgIpc) is 2.46. The number of aromatic nitrogens is 1. The zero-order valence-corrected chi connectivity index (χ0v) is 12.1. The van der Waals surface area contributed by atoms with Gasteiger partial charge in [-0.2, -0.15) is 0 Å². The normalized spacial score (nSPS) is 11.0. The molecule has 1 aromatic heterocycles. The lowest BCUT2D eigenvalue weighted by Crippen LogP contribution is -2.18. The highest BCUT2D eigenvalue weighted by atomic mass is 32.2. The number of rotatable bonds is 6. The number of nitrogens with one attached hydrogen (secondary N) is 2. The van der Waals surface area contributed by atoms with Crippen LogP contribution in [-0.2, 0) is 16.4 Å². The second-order valence-electron chi connectivity index (χ2n) is 4.48. The van der Waals surface area contributed by atoms with Gasteiger partial charge in [0.25, 0.3) is 0 Å². The Bertz CT molecular complexity index is 712. The Labute approximate surface area is 123 Å². The summed E-state index contributed by atoms with van der Waals surface area (Å²) in [6, 6.07) is 11.7. The van der Waals surface area contributed by atoms with E-state index in [9.17, 15) is 8.42 Å². The van der Waals surface area contributed by atoms with Gasteiger partial charge in [0, 0.05) is 29.6 Å². The van der Waals surface area contributed by atoms with Crippen molar-refractivity contribution in [2.75, 3.05) is 10.5 Å². The van der Waals surface area contributed by atoms with Gasteiger partial charge >= 0.3 is 0 Å². The van der Waals surface area contributed by atoms with E-state index in [0.29, 0.717) is 17.7 Å². The summed E-state index contributed by atoms with van der Waals surface area (Å²) in [5, 5.41) is 7.28. The molecule has 1 aromatic carbocycles. The second-order valence-corrected chi connectivity index (χ2v) is 6.32. The van der Waals surface area contributed by atoms with Crippen LogP contribution in [0.2, 0.25) is 0 Å². The van der Waals surface area contributed by atoms with Gasteiger partial charge < -0.3 is 5.73 Å². The molecule has 0 aliphatic carbocycles. The molecule has 0 unspecified atom stereocenters. The van der Waals surface area contributed by atoms with Crippen molar-refractivity contribution in [2.24, 2.45) is 5.73 Å². The summed E-state index contributed by atoms with van der Waals surface area (Å²) in [6.07, 6.45) is 1.98. The fraction of sp³-hybridized carbons (Fsp3) is 0.143. The standard InChI is InChI=1S/C14H16N4O2S/c15-14(16)11-4-6-13(7-5-11)18-21(19,20)10-8-12-3-1-2-9-17-12/h1-7,9,18H,8,10H2,(H3,15,16). The molecule has 2 aromatic rings. The van der Waals surface area contributed by atoms with E-state index in [2.05, 4.69) is 9.71 Å². The number of nitrogen functional groups attached to an aromatic ring is 1. The van der Waals surface area contributed by atoms with Gasteiger partial charge in [0.15, 0.2) is 0 Å². The van der Waals surface area contributed by atoms with Gasteiger partial charge in [0.1, 0.15) is 5.84 Å². The van der Waals surface area contributed by atoms with Gasteiger partial charge in [-0.05, 0) is 36.4 Å². The number of nitrogens with zero attached hydrogens (tertiary/aromatic N) is 1. The van der Waals surface area contributed by atoms with Crippen molar-refractivity contribution in [1.82, 2.24) is 4.98 Å². The number of hydrogen-bond donors (Lipinski definition) is 3. The van der Waals surface area contributed by atoms with Crippen molar-refractivity contribution < 1.29 is 8.42 Å². The molecule has 21 heavy (non-hydrogen) atoms. The minimum atomic E-state index is -3.44. The van der Waals surface area contributed by atoms with Crippen LogP contribution in [0.3, 0.4) is 0 Å². The summed E-state index contributed by atoms with van der Waals surface area (Å²) in [5.41, 5.74) is 7.07. The zero-order chi connectivity index (χ0) is 15.3. The van der Waals surface area contributed by atoms with Gasteiger partial charge in [-0.3, -0.25) is 15.1 Å². The van der Waals surface area contributed by atoms with Gasteiger partial charge in [0.2, 0.25) is 10.0 Å². The first kappa shape index (κ1) is 15.0. The van der Waals surface area contributed by atoms with Crippen LogP contribution in [0.5, 0.6) is 0 Å². The van der Waals surface area contributed by atoms with Crippen LogP contribution < -0.4 is 10.5 Å². The lowest BCUT2D eigenvalue weighted by atomic mass is 10.2. The fourth-order valence-electron chi connectivity index (χ4n) is 1.73.